The first-order valence-electron chi connectivity index (χ1n) is 9.75. The van der Waals surface area contributed by atoms with Gasteiger partial charge in [0.2, 0.25) is 17.7 Å². The number of piperidine rings is 1. The summed E-state index contributed by atoms with van der Waals surface area (Å²) in [5.74, 6) is -1.30. The van der Waals surface area contributed by atoms with Crippen LogP contribution < -0.4 is 0 Å². The van der Waals surface area contributed by atoms with E-state index in [9.17, 15) is 18.8 Å². The van der Waals surface area contributed by atoms with Crippen LogP contribution in [0.1, 0.15) is 38.2 Å². The molecule has 0 N–H and O–H groups in total. The van der Waals surface area contributed by atoms with E-state index in [2.05, 4.69) is 6.92 Å². The van der Waals surface area contributed by atoms with Crippen molar-refractivity contribution in [2.45, 2.75) is 38.0 Å². The van der Waals surface area contributed by atoms with Crippen LogP contribution in [0, 0.1) is 11.7 Å². The van der Waals surface area contributed by atoms with Crippen molar-refractivity contribution < 1.29 is 23.5 Å². The molecule has 6 nitrogen and oxygen atoms in total. The lowest BCUT2D eigenvalue weighted by Crippen LogP contribution is -2.46. The van der Waals surface area contributed by atoms with Crippen molar-refractivity contribution >= 4 is 17.7 Å². The van der Waals surface area contributed by atoms with Crippen LogP contribution in [0.2, 0.25) is 0 Å². The molecule has 2 atom stereocenters. The first-order valence-corrected chi connectivity index (χ1v) is 9.75. The third-order valence-electron chi connectivity index (χ3n) is 5.78. The van der Waals surface area contributed by atoms with Gasteiger partial charge in [0, 0.05) is 38.6 Å². The summed E-state index contributed by atoms with van der Waals surface area (Å²) in [6, 6.07) is 5.93. The molecule has 2 fully saturated rings. The van der Waals surface area contributed by atoms with E-state index in [-0.39, 0.29) is 37.5 Å². The van der Waals surface area contributed by atoms with Gasteiger partial charge in [0.15, 0.2) is 0 Å². The molecule has 0 bridgehead atoms. The fraction of sp³-hybridized carbons (Fsp3) is 0.571. The maximum atomic E-state index is 14.7. The Labute approximate surface area is 164 Å². The van der Waals surface area contributed by atoms with Gasteiger partial charge >= 0.3 is 0 Å². The van der Waals surface area contributed by atoms with Crippen LogP contribution in [0.25, 0.3) is 0 Å². The third kappa shape index (κ3) is 3.81. The summed E-state index contributed by atoms with van der Waals surface area (Å²) in [4.78, 5) is 41.8. The average Bonchev–Trinajstić information content (AvgIpc) is 2.90. The highest BCUT2D eigenvalue weighted by Crippen LogP contribution is 2.41. The number of carbonyl (C=O) groups excluding carboxylic acids is 3. The number of ether oxygens (including phenoxy) is 1. The molecule has 152 valence electrons. The Morgan fingerprint density at radius 1 is 1.32 bits per heavy atom. The van der Waals surface area contributed by atoms with E-state index in [1.54, 1.807) is 11.0 Å². The molecule has 0 aromatic heterocycles. The fourth-order valence-electron chi connectivity index (χ4n) is 4.29. The minimum absolute atomic E-state index is 0.0965. The number of likely N-dealkylation sites (tertiary alicyclic amines) is 2. The normalized spacial score (nSPS) is 25.5. The van der Waals surface area contributed by atoms with Crippen LogP contribution >= 0.6 is 0 Å². The molecule has 0 spiro atoms. The summed E-state index contributed by atoms with van der Waals surface area (Å²) in [5.41, 5.74) is -1.37. The summed E-state index contributed by atoms with van der Waals surface area (Å²) in [6.07, 6.45) is 1.57. The summed E-state index contributed by atoms with van der Waals surface area (Å²) in [7, 11) is 1.48. The van der Waals surface area contributed by atoms with E-state index in [0.717, 1.165) is 17.7 Å². The average molecular weight is 390 g/mol. The lowest BCUT2D eigenvalue weighted by Gasteiger charge is -2.34. The van der Waals surface area contributed by atoms with Crippen molar-refractivity contribution in [2.24, 2.45) is 5.92 Å². The predicted molar refractivity (Wildman–Crippen MR) is 101 cm³/mol. The van der Waals surface area contributed by atoms with Gasteiger partial charge in [-0.15, -0.1) is 0 Å². The zero-order valence-corrected chi connectivity index (χ0v) is 16.4. The number of hydrogen-bond acceptors (Lipinski definition) is 4. The van der Waals surface area contributed by atoms with Crippen molar-refractivity contribution in [3.8, 4) is 0 Å². The molecule has 28 heavy (non-hydrogen) atoms. The molecule has 2 aliphatic heterocycles. The van der Waals surface area contributed by atoms with Gasteiger partial charge < -0.3 is 9.64 Å². The first kappa shape index (κ1) is 20.5. The van der Waals surface area contributed by atoms with Crippen molar-refractivity contribution in [1.29, 1.82) is 0 Å². The number of methoxy groups -OCH3 is 1. The lowest BCUT2D eigenvalue weighted by atomic mass is 9.75. The van der Waals surface area contributed by atoms with Gasteiger partial charge in [-0.25, -0.2) is 4.39 Å². The Balaban J connectivity index is 1.95. The quantitative estimate of drug-likeness (QED) is 0.698. The molecule has 3 rings (SSSR count). The SMILES string of the molecule is COCCN1C(=O)C[C@@](CC(=O)N2CCC[C@@H](C)C2)(c2ccccc2F)C1=O. The number of carbonyl (C=O) groups is 3. The molecule has 2 heterocycles. The molecular weight excluding hydrogens is 363 g/mol. The van der Waals surface area contributed by atoms with Gasteiger partial charge in [-0.2, -0.15) is 0 Å². The monoisotopic (exact) mass is 390 g/mol. The zero-order valence-electron chi connectivity index (χ0n) is 16.4. The van der Waals surface area contributed by atoms with Crippen LogP contribution in [0.3, 0.4) is 0 Å². The van der Waals surface area contributed by atoms with Gasteiger partial charge in [-0.3, -0.25) is 19.3 Å². The number of amides is 3. The van der Waals surface area contributed by atoms with E-state index < -0.39 is 23.0 Å². The van der Waals surface area contributed by atoms with Crippen LogP contribution in [0.5, 0.6) is 0 Å². The molecule has 0 unspecified atom stereocenters. The van der Waals surface area contributed by atoms with E-state index in [1.807, 2.05) is 0 Å². The van der Waals surface area contributed by atoms with Gasteiger partial charge in [0.25, 0.3) is 0 Å². The highest BCUT2D eigenvalue weighted by atomic mass is 19.1. The summed E-state index contributed by atoms with van der Waals surface area (Å²) < 4.78 is 19.7. The number of rotatable bonds is 6. The first-order chi connectivity index (χ1) is 13.4. The Morgan fingerprint density at radius 3 is 2.75 bits per heavy atom. The molecule has 0 saturated carbocycles. The number of nitrogens with zero attached hydrogens (tertiary/aromatic N) is 2. The topological polar surface area (TPSA) is 66.9 Å². The Morgan fingerprint density at radius 2 is 2.07 bits per heavy atom. The zero-order chi connectivity index (χ0) is 20.3. The lowest BCUT2D eigenvalue weighted by molar-refractivity contribution is -0.143. The Hall–Kier alpha value is -2.28. The van der Waals surface area contributed by atoms with Gasteiger partial charge in [0.05, 0.1) is 18.6 Å². The molecule has 2 aliphatic rings. The standard InChI is InChI=1S/C21H27FN2O4/c1-15-6-5-9-23(14-15)18(25)12-21(16-7-3-4-8-17(16)22)13-19(26)24(20(21)27)10-11-28-2/h3-4,7-8,15H,5-6,9-14H2,1-2H3/t15-,21+/m1/s1. The second-order valence-corrected chi connectivity index (χ2v) is 7.85. The molecule has 3 amide bonds. The molecule has 0 radical (unpaired) electrons. The Bertz CT molecular complexity index is 769. The molecule has 0 aliphatic carbocycles. The smallest absolute Gasteiger partial charge is 0.241 e. The van der Waals surface area contributed by atoms with Crippen molar-refractivity contribution in [1.82, 2.24) is 9.80 Å². The van der Waals surface area contributed by atoms with Crippen LogP contribution in [0.15, 0.2) is 24.3 Å². The van der Waals surface area contributed by atoms with Gasteiger partial charge in [-0.1, -0.05) is 25.1 Å². The van der Waals surface area contributed by atoms with Crippen LogP contribution in [-0.4, -0.2) is 60.9 Å². The van der Waals surface area contributed by atoms with Gasteiger partial charge in [0.1, 0.15) is 5.82 Å². The van der Waals surface area contributed by atoms with E-state index in [0.29, 0.717) is 19.0 Å². The Kier molecular flexibility index (Phi) is 6.13. The maximum absolute atomic E-state index is 14.7. The minimum Gasteiger partial charge on any atom is -0.383 e. The summed E-state index contributed by atoms with van der Waals surface area (Å²) in [6.45, 7) is 3.64. The van der Waals surface area contributed by atoms with Crippen molar-refractivity contribution in [3.05, 3.63) is 35.6 Å². The molecule has 1 aromatic rings. The van der Waals surface area contributed by atoms with Crippen LogP contribution in [0.4, 0.5) is 4.39 Å². The third-order valence-corrected chi connectivity index (χ3v) is 5.78. The number of benzene rings is 1. The fourth-order valence-corrected chi connectivity index (χ4v) is 4.29. The van der Waals surface area contributed by atoms with E-state index in [4.69, 9.17) is 4.74 Å². The second kappa shape index (κ2) is 8.39. The second-order valence-electron chi connectivity index (χ2n) is 7.85. The summed E-state index contributed by atoms with van der Waals surface area (Å²) in [5, 5.41) is 0. The van der Waals surface area contributed by atoms with E-state index in [1.165, 1.54) is 25.3 Å². The number of hydrogen-bond donors (Lipinski definition) is 0. The summed E-state index contributed by atoms with van der Waals surface area (Å²) >= 11 is 0. The molecule has 7 heteroatoms. The molecular formula is C21H27FN2O4. The van der Waals surface area contributed by atoms with Crippen molar-refractivity contribution in [2.75, 3.05) is 33.4 Å². The van der Waals surface area contributed by atoms with E-state index >= 15 is 0 Å². The van der Waals surface area contributed by atoms with Crippen molar-refractivity contribution in [3.63, 3.8) is 0 Å². The number of imide groups is 1. The highest BCUT2D eigenvalue weighted by Gasteiger charge is 2.55. The number of halogens is 1. The minimum atomic E-state index is -1.49. The highest BCUT2D eigenvalue weighted by molar-refractivity contribution is 6.10. The maximum Gasteiger partial charge on any atom is 0.241 e. The molecule has 1 aromatic carbocycles. The largest absolute Gasteiger partial charge is 0.383 e. The van der Waals surface area contributed by atoms with Gasteiger partial charge in [-0.05, 0) is 24.8 Å². The molecule has 2 saturated heterocycles. The predicted octanol–water partition coefficient (Wildman–Crippen LogP) is 2.12. The van der Waals surface area contributed by atoms with Crippen LogP contribution in [-0.2, 0) is 24.5 Å².